The lowest BCUT2D eigenvalue weighted by Crippen LogP contribution is -2.06. The number of carbonyl (C=O) groups excluding carboxylic acids is 1. The molecule has 3 rings (SSSR count). The average Bonchev–Trinajstić information content (AvgIpc) is 2.72. The summed E-state index contributed by atoms with van der Waals surface area (Å²) in [7, 11) is 0. The third-order valence-corrected chi connectivity index (χ3v) is 4.20. The third kappa shape index (κ3) is 4.42. The molecule has 0 radical (unpaired) electrons. The van der Waals surface area contributed by atoms with Crippen molar-refractivity contribution >= 4 is 24.0 Å². The summed E-state index contributed by atoms with van der Waals surface area (Å²) in [5, 5.41) is 0. The van der Waals surface area contributed by atoms with Gasteiger partial charge in [0.15, 0.2) is 5.78 Å². The zero-order valence-corrected chi connectivity index (χ0v) is 14.5. The fourth-order valence-electron chi connectivity index (χ4n) is 2.94. The Kier molecular flexibility index (Phi) is 5.88. The number of Topliss-reactive ketones (excluding diaryl/α,β-unsaturated/α-hetero) is 1. The van der Waals surface area contributed by atoms with Crippen molar-refractivity contribution in [2.45, 2.75) is 19.4 Å². The van der Waals surface area contributed by atoms with Gasteiger partial charge in [0, 0.05) is 11.1 Å². The summed E-state index contributed by atoms with van der Waals surface area (Å²) in [4.78, 5) is 20.7. The summed E-state index contributed by atoms with van der Waals surface area (Å²) in [5.41, 5.74) is 10.0. The first kappa shape index (κ1) is 17.5. The van der Waals surface area contributed by atoms with E-state index >= 15 is 0 Å². The molecule has 4 heteroatoms. The second kappa shape index (κ2) is 8.72. The smallest absolute Gasteiger partial charge is 0.189 e. The molecule has 0 saturated carbocycles. The number of rotatable bonds is 6. The van der Waals surface area contributed by atoms with E-state index in [-0.39, 0.29) is 5.78 Å². The number of allylic oxidation sites excluding steroid dienone is 4. The van der Waals surface area contributed by atoms with Gasteiger partial charge < -0.3 is 5.73 Å². The summed E-state index contributed by atoms with van der Waals surface area (Å²) < 4.78 is 0. The fourth-order valence-corrected chi connectivity index (χ4v) is 2.94. The average molecular weight is 343 g/mol. The lowest BCUT2D eigenvalue weighted by Gasteiger charge is -2.14. The van der Waals surface area contributed by atoms with Crippen molar-refractivity contribution in [1.29, 1.82) is 0 Å². The van der Waals surface area contributed by atoms with E-state index in [9.17, 15) is 4.79 Å². The van der Waals surface area contributed by atoms with Crippen LogP contribution in [0.3, 0.4) is 0 Å². The molecule has 2 aromatic rings. The van der Waals surface area contributed by atoms with Gasteiger partial charge in [-0.15, -0.1) is 0 Å². The van der Waals surface area contributed by atoms with E-state index in [1.165, 1.54) is 12.7 Å². The van der Waals surface area contributed by atoms with Gasteiger partial charge in [0.05, 0.1) is 12.9 Å². The number of hydrogen-bond donors (Lipinski definition) is 1. The van der Waals surface area contributed by atoms with Gasteiger partial charge in [-0.05, 0) is 41.7 Å². The van der Waals surface area contributed by atoms with Crippen LogP contribution in [0.2, 0.25) is 0 Å². The first-order chi connectivity index (χ1) is 12.8. The number of aliphatic imine (C=N–C) groups is 2. The number of nitrogens with zero attached hydrogens (tertiary/aromatic N) is 2. The van der Waals surface area contributed by atoms with Crippen LogP contribution in [0.15, 0.2) is 82.3 Å². The zero-order chi connectivity index (χ0) is 18.2. The van der Waals surface area contributed by atoms with E-state index in [2.05, 4.69) is 28.2 Å². The number of ketones is 1. The van der Waals surface area contributed by atoms with Crippen LogP contribution in [-0.4, -0.2) is 18.5 Å². The lowest BCUT2D eigenvalue weighted by molar-refractivity contribution is 0.103. The van der Waals surface area contributed by atoms with Gasteiger partial charge in [-0.3, -0.25) is 9.79 Å². The molecule has 0 atom stereocenters. The minimum atomic E-state index is 0.108. The molecule has 0 fully saturated rings. The van der Waals surface area contributed by atoms with E-state index in [1.807, 2.05) is 48.5 Å². The third-order valence-electron chi connectivity index (χ3n) is 4.20. The Labute approximate surface area is 153 Å². The maximum atomic E-state index is 12.7. The summed E-state index contributed by atoms with van der Waals surface area (Å²) in [6.07, 6.45) is 8.50. The van der Waals surface area contributed by atoms with Crippen LogP contribution < -0.4 is 5.73 Å². The van der Waals surface area contributed by atoms with Crippen LogP contribution in [0.25, 0.3) is 5.57 Å². The Bertz CT molecular complexity index is 893. The highest BCUT2D eigenvalue weighted by atomic mass is 16.1. The predicted octanol–water partition coefficient (Wildman–Crippen LogP) is 4.19. The number of carbonyl (C=O) groups is 1. The van der Waals surface area contributed by atoms with Gasteiger partial charge in [0.25, 0.3) is 0 Å². The van der Waals surface area contributed by atoms with Crippen LogP contribution in [-0.2, 0) is 6.54 Å². The van der Waals surface area contributed by atoms with Crippen molar-refractivity contribution in [3.63, 3.8) is 0 Å². The Morgan fingerprint density at radius 2 is 1.96 bits per heavy atom. The van der Waals surface area contributed by atoms with Crippen molar-refractivity contribution in [3.05, 3.63) is 89.0 Å². The topological polar surface area (TPSA) is 67.8 Å². The molecule has 0 bridgehead atoms. The Morgan fingerprint density at radius 1 is 1.12 bits per heavy atom. The quantitative estimate of drug-likeness (QED) is 0.485. The van der Waals surface area contributed by atoms with E-state index in [4.69, 9.17) is 5.73 Å². The van der Waals surface area contributed by atoms with E-state index in [0.717, 1.165) is 40.7 Å². The van der Waals surface area contributed by atoms with Gasteiger partial charge in [0.1, 0.15) is 6.34 Å². The van der Waals surface area contributed by atoms with Crippen molar-refractivity contribution in [1.82, 2.24) is 0 Å². The van der Waals surface area contributed by atoms with Crippen molar-refractivity contribution in [2.24, 2.45) is 15.7 Å². The summed E-state index contributed by atoms with van der Waals surface area (Å²) in [6, 6.07) is 17.6. The SMILES string of the molecule is NC=NC=NCc1cccc(C2=CCCC(C(=O)c3ccccc3)=C2)c1. The molecule has 0 aromatic heterocycles. The number of nitrogens with two attached hydrogens (primary N) is 1. The van der Waals surface area contributed by atoms with Crippen LogP contribution in [0.1, 0.15) is 34.3 Å². The molecule has 0 heterocycles. The minimum absolute atomic E-state index is 0.108. The molecule has 130 valence electrons. The van der Waals surface area contributed by atoms with Crippen molar-refractivity contribution in [3.8, 4) is 0 Å². The molecule has 0 amide bonds. The second-order valence-corrected chi connectivity index (χ2v) is 6.02. The molecule has 0 aliphatic heterocycles. The highest BCUT2D eigenvalue weighted by Crippen LogP contribution is 2.28. The van der Waals surface area contributed by atoms with Gasteiger partial charge in [0.2, 0.25) is 0 Å². The van der Waals surface area contributed by atoms with E-state index in [1.54, 1.807) is 0 Å². The molecule has 0 saturated heterocycles. The maximum Gasteiger partial charge on any atom is 0.189 e. The van der Waals surface area contributed by atoms with Gasteiger partial charge in [-0.2, -0.15) is 0 Å². The second-order valence-electron chi connectivity index (χ2n) is 6.02. The molecule has 26 heavy (non-hydrogen) atoms. The number of benzene rings is 2. The van der Waals surface area contributed by atoms with Crippen molar-refractivity contribution in [2.75, 3.05) is 0 Å². The zero-order valence-electron chi connectivity index (χ0n) is 14.5. The summed E-state index contributed by atoms with van der Waals surface area (Å²) in [5.74, 6) is 0.108. The summed E-state index contributed by atoms with van der Waals surface area (Å²) in [6.45, 7) is 0.540. The summed E-state index contributed by atoms with van der Waals surface area (Å²) >= 11 is 0. The number of hydrogen-bond acceptors (Lipinski definition) is 2. The normalized spacial score (nSPS) is 14.5. The molecule has 1 aliphatic carbocycles. The van der Waals surface area contributed by atoms with Gasteiger partial charge >= 0.3 is 0 Å². The maximum absolute atomic E-state index is 12.7. The Hall–Kier alpha value is -3.27. The molecule has 2 aromatic carbocycles. The monoisotopic (exact) mass is 343 g/mol. The molecular formula is C22H21N3O. The fraction of sp³-hybridized carbons (Fsp3) is 0.136. The van der Waals surface area contributed by atoms with Gasteiger partial charge in [-0.1, -0.05) is 54.6 Å². The lowest BCUT2D eigenvalue weighted by atomic mass is 9.90. The van der Waals surface area contributed by atoms with E-state index in [0.29, 0.717) is 6.54 Å². The molecule has 4 nitrogen and oxygen atoms in total. The Balaban J connectivity index is 1.80. The Morgan fingerprint density at radius 3 is 2.77 bits per heavy atom. The predicted molar refractivity (Wildman–Crippen MR) is 107 cm³/mol. The first-order valence-electron chi connectivity index (χ1n) is 8.59. The largest absolute Gasteiger partial charge is 0.390 e. The van der Waals surface area contributed by atoms with Crippen LogP contribution in [0.5, 0.6) is 0 Å². The van der Waals surface area contributed by atoms with E-state index < -0.39 is 0 Å². The van der Waals surface area contributed by atoms with Crippen LogP contribution in [0, 0.1) is 0 Å². The molecule has 1 aliphatic rings. The van der Waals surface area contributed by atoms with Crippen LogP contribution >= 0.6 is 0 Å². The highest BCUT2D eigenvalue weighted by Gasteiger charge is 2.15. The molecular weight excluding hydrogens is 322 g/mol. The molecule has 2 N–H and O–H groups in total. The molecule has 0 spiro atoms. The molecule has 0 unspecified atom stereocenters. The minimum Gasteiger partial charge on any atom is -0.390 e. The van der Waals surface area contributed by atoms with Crippen molar-refractivity contribution < 1.29 is 4.79 Å². The highest BCUT2D eigenvalue weighted by molar-refractivity contribution is 6.10. The standard InChI is InChI=1S/C22H21N3O/c23-15-25-16-24-14-17-6-4-9-19(12-17)20-10-5-11-21(13-20)22(26)18-7-2-1-3-8-18/h1-4,6-10,12-13,15-16H,5,11,14H2,(H2,23,24,25). The first-order valence-corrected chi connectivity index (χ1v) is 8.59. The van der Waals surface area contributed by atoms with Gasteiger partial charge in [-0.25, -0.2) is 4.99 Å². The van der Waals surface area contributed by atoms with Crippen LogP contribution in [0.4, 0.5) is 0 Å².